The fraction of sp³-hybridized carbons (Fsp3) is 0.167. The van der Waals surface area contributed by atoms with E-state index in [0.29, 0.717) is 0 Å². The molecule has 0 amide bonds. The molecule has 1 aromatic heterocycles. The minimum Gasteiger partial charge on any atom is -0.478 e. The van der Waals surface area contributed by atoms with Crippen LogP contribution in [0.4, 0.5) is 13.2 Å². The Kier molecular flexibility index (Phi) is 3.32. The molecule has 0 atom stereocenters. The fourth-order valence-electron chi connectivity index (χ4n) is 1.82. The number of benzene rings is 1. The highest BCUT2D eigenvalue weighted by molar-refractivity contribution is 7.04. The van der Waals surface area contributed by atoms with Gasteiger partial charge in [0.25, 0.3) is 0 Å². The van der Waals surface area contributed by atoms with E-state index < -0.39 is 17.7 Å². The highest BCUT2D eigenvalue weighted by Gasteiger charge is 2.36. The molecule has 100 valence electrons. The number of carboxylic acid groups (broad SMARTS) is 1. The summed E-state index contributed by atoms with van der Waals surface area (Å²) in [4.78, 5) is 11.0. The molecular weight excluding hydrogens is 279 g/mol. The van der Waals surface area contributed by atoms with Gasteiger partial charge in [-0.3, -0.25) is 0 Å². The summed E-state index contributed by atoms with van der Waals surface area (Å²) in [5, 5.41) is 10.2. The second-order valence-corrected chi connectivity index (χ2v) is 4.51. The molecule has 3 nitrogen and oxygen atoms in total. The first-order valence-electron chi connectivity index (χ1n) is 5.17. The first-order valence-corrected chi connectivity index (χ1v) is 6.01. The number of aromatic nitrogens is 1. The molecule has 19 heavy (non-hydrogen) atoms. The number of carboxylic acids is 1. The molecule has 1 aromatic carbocycles. The van der Waals surface area contributed by atoms with Gasteiger partial charge in [-0.05, 0) is 24.0 Å². The normalized spacial score (nSPS) is 11.6. The number of rotatable bonds is 2. The lowest BCUT2D eigenvalue weighted by Gasteiger charge is -2.14. The predicted octanol–water partition coefficient (Wildman–Crippen LogP) is 3.84. The molecule has 0 aliphatic heterocycles. The van der Waals surface area contributed by atoms with Gasteiger partial charge in [0.15, 0.2) is 0 Å². The zero-order valence-corrected chi connectivity index (χ0v) is 10.5. The lowest BCUT2D eigenvalue weighted by Crippen LogP contribution is -2.10. The van der Waals surface area contributed by atoms with Gasteiger partial charge in [0.05, 0.1) is 16.8 Å². The first-order chi connectivity index (χ1) is 8.82. The van der Waals surface area contributed by atoms with Crippen molar-refractivity contribution in [2.45, 2.75) is 13.1 Å². The number of carbonyl (C=O) groups is 1. The minimum absolute atomic E-state index is 0.0364. The second-order valence-electron chi connectivity index (χ2n) is 3.88. The van der Waals surface area contributed by atoms with E-state index in [1.807, 2.05) is 0 Å². The van der Waals surface area contributed by atoms with Crippen molar-refractivity contribution in [2.75, 3.05) is 0 Å². The Hall–Kier alpha value is -1.89. The number of aryl methyl sites for hydroxylation is 1. The number of hydrogen-bond acceptors (Lipinski definition) is 3. The average Bonchev–Trinajstić information content (AvgIpc) is 2.75. The minimum atomic E-state index is -4.56. The van der Waals surface area contributed by atoms with Gasteiger partial charge in [0, 0.05) is 10.9 Å². The maximum Gasteiger partial charge on any atom is 0.417 e. The van der Waals surface area contributed by atoms with Gasteiger partial charge in [0.2, 0.25) is 0 Å². The van der Waals surface area contributed by atoms with Crippen LogP contribution in [0.5, 0.6) is 0 Å². The zero-order valence-electron chi connectivity index (χ0n) is 9.65. The number of nitrogens with zero attached hydrogens (tertiary/aromatic N) is 1. The number of hydrogen-bond donors (Lipinski definition) is 1. The molecule has 0 saturated heterocycles. The van der Waals surface area contributed by atoms with Crippen molar-refractivity contribution in [3.05, 3.63) is 40.3 Å². The van der Waals surface area contributed by atoms with Crippen LogP contribution in [0.3, 0.4) is 0 Å². The molecule has 0 unspecified atom stereocenters. The molecule has 1 N–H and O–H groups in total. The Bertz CT molecular complexity index is 634. The van der Waals surface area contributed by atoms with Crippen LogP contribution in [0.15, 0.2) is 23.6 Å². The summed E-state index contributed by atoms with van der Waals surface area (Å²) in [5.74, 6) is -1.29. The van der Waals surface area contributed by atoms with Crippen LogP contribution >= 0.6 is 11.5 Å². The SMILES string of the molecule is Cc1cccc(-c2nscc2C(=O)O)c1C(F)(F)F. The van der Waals surface area contributed by atoms with Crippen molar-refractivity contribution in [3.8, 4) is 11.3 Å². The number of alkyl halides is 3. The molecule has 0 saturated carbocycles. The molecule has 1 heterocycles. The summed E-state index contributed by atoms with van der Waals surface area (Å²) in [6.45, 7) is 1.33. The van der Waals surface area contributed by atoms with Crippen molar-refractivity contribution in [2.24, 2.45) is 0 Å². The molecule has 7 heteroatoms. The highest BCUT2D eigenvalue weighted by Crippen LogP contribution is 2.39. The zero-order chi connectivity index (χ0) is 14.2. The summed E-state index contributed by atoms with van der Waals surface area (Å²) in [5.41, 5.74) is -1.38. The largest absolute Gasteiger partial charge is 0.478 e. The van der Waals surface area contributed by atoms with Gasteiger partial charge in [-0.15, -0.1) is 0 Å². The summed E-state index contributed by atoms with van der Waals surface area (Å²) < 4.78 is 43.0. The maximum atomic E-state index is 13.1. The van der Waals surface area contributed by atoms with E-state index in [1.54, 1.807) is 0 Å². The van der Waals surface area contributed by atoms with Crippen LogP contribution in [0, 0.1) is 6.92 Å². The molecular formula is C12H8F3NO2S. The number of halogens is 3. The van der Waals surface area contributed by atoms with Crippen LogP contribution in [0.25, 0.3) is 11.3 Å². The van der Waals surface area contributed by atoms with Crippen LogP contribution in [0.2, 0.25) is 0 Å². The molecule has 0 radical (unpaired) electrons. The molecule has 2 aromatic rings. The van der Waals surface area contributed by atoms with E-state index in [1.165, 1.54) is 30.5 Å². The first kappa shape index (κ1) is 13.5. The molecule has 0 fully saturated rings. The molecule has 0 spiro atoms. The monoisotopic (exact) mass is 287 g/mol. The molecule has 0 aliphatic rings. The van der Waals surface area contributed by atoms with Crippen molar-refractivity contribution in [3.63, 3.8) is 0 Å². The third-order valence-corrected chi connectivity index (χ3v) is 3.24. The topological polar surface area (TPSA) is 50.2 Å². The Morgan fingerprint density at radius 3 is 2.63 bits per heavy atom. The van der Waals surface area contributed by atoms with Crippen molar-refractivity contribution >= 4 is 17.5 Å². The van der Waals surface area contributed by atoms with Crippen LogP contribution in [-0.2, 0) is 6.18 Å². The van der Waals surface area contributed by atoms with Crippen molar-refractivity contribution < 1.29 is 23.1 Å². The number of aromatic carboxylic acids is 1. The summed E-state index contributed by atoms with van der Waals surface area (Å²) >= 11 is 0.816. The summed E-state index contributed by atoms with van der Waals surface area (Å²) in [7, 11) is 0. The standard InChI is InChI=1S/C12H8F3NO2S/c1-6-3-2-4-7(9(6)12(13,14)15)10-8(11(17)18)5-19-16-10/h2-5H,1H3,(H,17,18). The Morgan fingerprint density at radius 2 is 2.05 bits per heavy atom. The second kappa shape index (κ2) is 4.65. The van der Waals surface area contributed by atoms with Crippen LogP contribution in [0.1, 0.15) is 21.5 Å². The molecule has 0 bridgehead atoms. The van der Waals surface area contributed by atoms with E-state index >= 15 is 0 Å². The average molecular weight is 287 g/mol. The lowest BCUT2D eigenvalue weighted by atomic mass is 9.97. The van der Waals surface area contributed by atoms with Gasteiger partial charge in [0.1, 0.15) is 0 Å². The van der Waals surface area contributed by atoms with Crippen molar-refractivity contribution in [1.82, 2.24) is 4.37 Å². The third-order valence-electron chi connectivity index (χ3n) is 2.61. The quantitative estimate of drug-likeness (QED) is 0.913. The highest BCUT2D eigenvalue weighted by atomic mass is 32.1. The molecule has 0 aliphatic carbocycles. The van der Waals surface area contributed by atoms with E-state index in [0.717, 1.165) is 11.5 Å². The van der Waals surface area contributed by atoms with Gasteiger partial charge in [-0.2, -0.15) is 17.5 Å². The van der Waals surface area contributed by atoms with E-state index in [-0.39, 0.29) is 22.4 Å². The Morgan fingerprint density at radius 1 is 1.37 bits per heavy atom. The van der Waals surface area contributed by atoms with Gasteiger partial charge >= 0.3 is 12.1 Å². The smallest absolute Gasteiger partial charge is 0.417 e. The summed E-state index contributed by atoms with van der Waals surface area (Å²) in [6.07, 6.45) is -4.56. The van der Waals surface area contributed by atoms with E-state index in [4.69, 9.17) is 5.11 Å². The van der Waals surface area contributed by atoms with E-state index in [9.17, 15) is 18.0 Å². The Labute approximate surface area is 110 Å². The summed E-state index contributed by atoms with van der Waals surface area (Å²) in [6, 6.07) is 4.02. The van der Waals surface area contributed by atoms with Gasteiger partial charge < -0.3 is 5.11 Å². The molecule has 2 rings (SSSR count). The van der Waals surface area contributed by atoms with Crippen LogP contribution in [-0.4, -0.2) is 15.4 Å². The maximum absolute atomic E-state index is 13.1. The van der Waals surface area contributed by atoms with E-state index in [2.05, 4.69) is 4.37 Å². The van der Waals surface area contributed by atoms with Crippen molar-refractivity contribution in [1.29, 1.82) is 0 Å². The predicted molar refractivity (Wildman–Crippen MR) is 64.2 cm³/mol. The fourth-order valence-corrected chi connectivity index (χ4v) is 2.50. The van der Waals surface area contributed by atoms with Gasteiger partial charge in [-0.1, -0.05) is 18.2 Å². The Balaban J connectivity index is 2.73. The lowest BCUT2D eigenvalue weighted by molar-refractivity contribution is -0.137. The van der Waals surface area contributed by atoms with Crippen LogP contribution < -0.4 is 0 Å². The third kappa shape index (κ3) is 2.46. The van der Waals surface area contributed by atoms with Gasteiger partial charge in [-0.25, -0.2) is 4.79 Å².